The Morgan fingerprint density at radius 1 is 1.24 bits per heavy atom. The van der Waals surface area contributed by atoms with Gasteiger partial charge in [-0.25, -0.2) is 4.98 Å². The smallest absolute Gasteiger partial charge is 0.191 e. The lowest BCUT2D eigenvalue weighted by molar-refractivity contribution is 0.570. The third kappa shape index (κ3) is 7.11. The molecule has 0 aliphatic carbocycles. The van der Waals surface area contributed by atoms with Gasteiger partial charge in [-0.3, -0.25) is 4.99 Å². The second kappa shape index (κ2) is 10.3. The van der Waals surface area contributed by atoms with Gasteiger partial charge in [0.1, 0.15) is 5.01 Å². The Labute approximate surface area is 176 Å². The lowest BCUT2D eigenvalue weighted by Gasteiger charge is -2.14. The van der Waals surface area contributed by atoms with E-state index in [1.165, 1.54) is 0 Å². The van der Waals surface area contributed by atoms with Crippen LogP contribution in [0.25, 0.3) is 0 Å². The number of hydrogen-bond donors (Lipinski definition) is 2. The fourth-order valence-electron chi connectivity index (χ4n) is 2.13. The predicted molar refractivity (Wildman–Crippen MR) is 120 cm³/mol. The van der Waals surface area contributed by atoms with E-state index in [0.29, 0.717) is 6.54 Å². The molecule has 0 amide bonds. The topological polar surface area (TPSA) is 49.3 Å². The summed E-state index contributed by atoms with van der Waals surface area (Å²) in [6.07, 6.45) is 0.853. The van der Waals surface area contributed by atoms with E-state index in [9.17, 15) is 0 Å². The van der Waals surface area contributed by atoms with E-state index >= 15 is 0 Å². The number of thiazole rings is 1. The third-order valence-corrected chi connectivity index (χ3v) is 4.81. The summed E-state index contributed by atoms with van der Waals surface area (Å²) in [5.74, 6) is 0.773. The second-order valence-electron chi connectivity index (χ2n) is 6.57. The standard InChI is InChI=1S/C18H25ClN4S.HI/c1-18(2,3)15-12-24-16(23-15)11-22-17(20-4)21-10-9-13-7-5-6-8-14(13)19;/h5-8,12H,9-11H2,1-4H3,(H2,20,21,22);1H. The largest absolute Gasteiger partial charge is 0.356 e. The first-order chi connectivity index (χ1) is 11.4. The van der Waals surface area contributed by atoms with Crippen LogP contribution >= 0.6 is 46.9 Å². The Bertz CT molecular complexity index is 694. The molecule has 0 bridgehead atoms. The van der Waals surface area contributed by atoms with Gasteiger partial charge < -0.3 is 10.6 Å². The van der Waals surface area contributed by atoms with Gasteiger partial charge in [-0.2, -0.15) is 0 Å². The number of aliphatic imine (C=N–C) groups is 1. The molecule has 25 heavy (non-hydrogen) atoms. The van der Waals surface area contributed by atoms with Gasteiger partial charge in [0.2, 0.25) is 0 Å². The van der Waals surface area contributed by atoms with Gasteiger partial charge in [0.15, 0.2) is 5.96 Å². The number of nitrogens with zero attached hydrogens (tertiary/aromatic N) is 2. The van der Waals surface area contributed by atoms with Crippen LogP contribution in [0.4, 0.5) is 0 Å². The number of hydrogen-bond acceptors (Lipinski definition) is 3. The highest BCUT2D eigenvalue weighted by Gasteiger charge is 2.17. The summed E-state index contributed by atoms with van der Waals surface area (Å²) in [4.78, 5) is 8.93. The van der Waals surface area contributed by atoms with Gasteiger partial charge in [-0.05, 0) is 18.1 Å². The molecule has 0 aliphatic heterocycles. The van der Waals surface area contributed by atoms with Crippen molar-refractivity contribution in [1.29, 1.82) is 0 Å². The first-order valence-corrected chi connectivity index (χ1v) is 9.28. The first kappa shape index (κ1) is 22.2. The summed E-state index contributed by atoms with van der Waals surface area (Å²) in [6, 6.07) is 7.91. The molecule has 2 N–H and O–H groups in total. The van der Waals surface area contributed by atoms with Gasteiger partial charge in [0, 0.05) is 29.4 Å². The Morgan fingerprint density at radius 3 is 2.56 bits per heavy atom. The highest BCUT2D eigenvalue weighted by Crippen LogP contribution is 2.23. The molecule has 0 fully saturated rings. The highest BCUT2D eigenvalue weighted by atomic mass is 127. The van der Waals surface area contributed by atoms with Crippen molar-refractivity contribution in [3.8, 4) is 0 Å². The summed E-state index contributed by atoms with van der Waals surface area (Å²) in [5, 5.41) is 10.6. The number of halogens is 2. The number of aromatic nitrogens is 1. The molecule has 7 heteroatoms. The number of rotatable bonds is 5. The van der Waals surface area contributed by atoms with Crippen LogP contribution in [-0.4, -0.2) is 24.5 Å². The van der Waals surface area contributed by atoms with Crippen molar-refractivity contribution < 1.29 is 0 Å². The van der Waals surface area contributed by atoms with E-state index in [1.807, 2.05) is 24.3 Å². The molecule has 1 heterocycles. The molecule has 0 saturated heterocycles. The van der Waals surface area contributed by atoms with Crippen LogP contribution in [0.3, 0.4) is 0 Å². The van der Waals surface area contributed by atoms with Crippen molar-refractivity contribution in [3.63, 3.8) is 0 Å². The molecule has 1 aromatic heterocycles. The zero-order valence-electron chi connectivity index (χ0n) is 15.1. The maximum absolute atomic E-state index is 6.17. The number of benzene rings is 1. The SMILES string of the molecule is CN=C(NCCc1ccccc1Cl)NCc1nc(C(C)(C)C)cs1.I. The number of guanidine groups is 1. The van der Waals surface area contributed by atoms with Gasteiger partial charge in [-0.15, -0.1) is 35.3 Å². The Hall–Kier alpha value is -0.860. The fraction of sp³-hybridized carbons (Fsp3) is 0.444. The van der Waals surface area contributed by atoms with Crippen LogP contribution in [0, 0.1) is 0 Å². The van der Waals surface area contributed by atoms with E-state index in [4.69, 9.17) is 11.6 Å². The van der Waals surface area contributed by atoms with Crippen LogP contribution < -0.4 is 10.6 Å². The molecule has 0 aliphatic rings. The summed E-state index contributed by atoms with van der Waals surface area (Å²) in [5.41, 5.74) is 2.35. The summed E-state index contributed by atoms with van der Waals surface area (Å²) in [7, 11) is 1.77. The minimum absolute atomic E-state index is 0. The summed E-state index contributed by atoms with van der Waals surface area (Å²) >= 11 is 7.85. The maximum Gasteiger partial charge on any atom is 0.191 e. The Balaban J connectivity index is 0.00000312. The molecule has 1 aromatic carbocycles. The van der Waals surface area contributed by atoms with Crippen molar-refractivity contribution in [3.05, 3.63) is 50.9 Å². The van der Waals surface area contributed by atoms with E-state index in [0.717, 1.165) is 40.2 Å². The van der Waals surface area contributed by atoms with E-state index in [-0.39, 0.29) is 29.4 Å². The van der Waals surface area contributed by atoms with Gasteiger partial charge in [0.25, 0.3) is 0 Å². The van der Waals surface area contributed by atoms with Crippen molar-refractivity contribution in [2.75, 3.05) is 13.6 Å². The van der Waals surface area contributed by atoms with E-state index in [2.05, 4.69) is 46.8 Å². The molecule has 138 valence electrons. The highest BCUT2D eigenvalue weighted by molar-refractivity contribution is 14.0. The monoisotopic (exact) mass is 492 g/mol. The molecule has 0 unspecified atom stereocenters. The van der Waals surface area contributed by atoms with Crippen LogP contribution in [0.2, 0.25) is 5.02 Å². The van der Waals surface area contributed by atoms with E-state index in [1.54, 1.807) is 18.4 Å². The first-order valence-electron chi connectivity index (χ1n) is 8.03. The summed E-state index contributed by atoms with van der Waals surface area (Å²) in [6.45, 7) is 7.97. The van der Waals surface area contributed by atoms with Gasteiger partial charge in [0.05, 0.1) is 12.2 Å². The molecular weight excluding hydrogens is 467 g/mol. The molecule has 2 rings (SSSR count). The van der Waals surface area contributed by atoms with Crippen molar-refractivity contribution >= 4 is 52.9 Å². The second-order valence-corrected chi connectivity index (χ2v) is 7.92. The molecule has 0 saturated carbocycles. The molecule has 0 spiro atoms. The maximum atomic E-state index is 6.17. The third-order valence-electron chi connectivity index (χ3n) is 3.60. The minimum atomic E-state index is 0. The zero-order chi connectivity index (χ0) is 17.6. The van der Waals surface area contributed by atoms with Gasteiger partial charge in [-0.1, -0.05) is 50.6 Å². The average Bonchev–Trinajstić information content (AvgIpc) is 3.01. The fourth-order valence-corrected chi connectivity index (χ4v) is 3.32. The molecule has 0 radical (unpaired) electrons. The Morgan fingerprint density at radius 2 is 1.96 bits per heavy atom. The van der Waals surface area contributed by atoms with E-state index < -0.39 is 0 Å². The van der Waals surface area contributed by atoms with Crippen LogP contribution in [-0.2, 0) is 18.4 Å². The predicted octanol–water partition coefficient (Wildman–Crippen LogP) is 4.62. The van der Waals surface area contributed by atoms with Crippen molar-refractivity contribution in [2.24, 2.45) is 4.99 Å². The molecule has 0 atom stereocenters. The lowest BCUT2D eigenvalue weighted by atomic mass is 9.93. The lowest BCUT2D eigenvalue weighted by Crippen LogP contribution is -2.37. The Kier molecular flexibility index (Phi) is 9.16. The zero-order valence-corrected chi connectivity index (χ0v) is 19.0. The van der Waals surface area contributed by atoms with Crippen LogP contribution in [0.1, 0.15) is 37.0 Å². The molecular formula is C18H26ClIN4S. The minimum Gasteiger partial charge on any atom is -0.356 e. The average molecular weight is 493 g/mol. The van der Waals surface area contributed by atoms with Crippen LogP contribution in [0.5, 0.6) is 0 Å². The molecule has 4 nitrogen and oxygen atoms in total. The normalized spacial score (nSPS) is 11.8. The van der Waals surface area contributed by atoms with Crippen molar-refractivity contribution in [1.82, 2.24) is 15.6 Å². The summed E-state index contributed by atoms with van der Waals surface area (Å²) < 4.78 is 0. The quantitative estimate of drug-likeness (QED) is 0.364. The molecule has 2 aromatic rings. The number of nitrogens with one attached hydrogen (secondary N) is 2. The van der Waals surface area contributed by atoms with Crippen molar-refractivity contribution in [2.45, 2.75) is 39.2 Å². The van der Waals surface area contributed by atoms with Gasteiger partial charge >= 0.3 is 0 Å². The van der Waals surface area contributed by atoms with Crippen LogP contribution in [0.15, 0.2) is 34.6 Å².